The number of hydrogen-bond donors (Lipinski definition) is 6. The summed E-state index contributed by atoms with van der Waals surface area (Å²) in [5, 5.41) is 0. The van der Waals surface area contributed by atoms with Crippen LogP contribution in [0.1, 0.15) is 69.7 Å². The van der Waals surface area contributed by atoms with Crippen LogP contribution in [0, 0.1) is 35.5 Å². The van der Waals surface area contributed by atoms with Crippen molar-refractivity contribution in [3.05, 3.63) is 0 Å². The average molecular weight is 530 g/mol. The largest absolute Gasteiger partial charge is 0.370 e. The molecule has 0 radical (unpaired) electrons. The Morgan fingerprint density at radius 1 is 0.459 bits per heavy atom. The van der Waals surface area contributed by atoms with Crippen molar-refractivity contribution in [1.29, 1.82) is 0 Å². The van der Waals surface area contributed by atoms with Gasteiger partial charge < -0.3 is 34.4 Å². The Bertz CT molecular complexity index is 649. The molecule has 3 atom stereocenters. The van der Waals surface area contributed by atoms with Crippen molar-refractivity contribution >= 4 is 35.2 Å². The van der Waals surface area contributed by atoms with Crippen LogP contribution in [0.15, 0.2) is 15.0 Å². The number of nitrogens with zero attached hydrogens (tertiary/aromatic N) is 3. The van der Waals surface area contributed by atoms with Crippen molar-refractivity contribution in [2.45, 2.75) is 69.7 Å². The topological polar surface area (TPSA) is 244 Å². The maximum absolute atomic E-state index is 11.3. The molecule has 0 aliphatic heterocycles. The summed E-state index contributed by atoms with van der Waals surface area (Å²) in [6.45, 7) is 17.9. The van der Waals surface area contributed by atoms with Crippen LogP contribution in [0.2, 0.25) is 0 Å². The minimum atomic E-state index is -0.0906. The SMILES string of the molecule is C.CC(C)C(=O)C(C)CN=C(N)N.CC(C)C(=O)[C@@H](C)CN=C(N)N.CC(C)C(=O)[C@H](C)CN=C(N)N. The van der Waals surface area contributed by atoms with E-state index in [-0.39, 0.29) is 78.2 Å². The van der Waals surface area contributed by atoms with Gasteiger partial charge in [-0.05, 0) is 0 Å². The van der Waals surface area contributed by atoms with Crippen LogP contribution in [-0.4, -0.2) is 54.9 Å². The van der Waals surface area contributed by atoms with Crippen LogP contribution in [0.25, 0.3) is 0 Å². The molecule has 0 aliphatic carbocycles. The number of carbonyl (C=O) groups excluding carboxylic acids is 3. The molecule has 0 heterocycles. The molecule has 12 N–H and O–H groups in total. The standard InChI is InChI=1S/3C8H17N3O.CH4/c3*1-5(2)7(12)6(3)4-11-8(9)10;/h3*5-6H,4H2,1-3H3,(H4,9,10,11);1H4/t2*6-;;/m10../s1. The van der Waals surface area contributed by atoms with Gasteiger partial charge >= 0.3 is 0 Å². The summed E-state index contributed by atoms with van der Waals surface area (Å²) in [5.74, 6) is 0.583. The molecule has 12 nitrogen and oxygen atoms in total. The van der Waals surface area contributed by atoms with E-state index in [1.54, 1.807) is 0 Å². The maximum atomic E-state index is 11.3. The zero-order valence-electron chi connectivity index (χ0n) is 23.6. The van der Waals surface area contributed by atoms with Gasteiger partial charge in [0.1, 0.15) is 17.3 Å². The molecule has 0 saturated heterocycles. The van der Waals surface area contributed by atoms with Crippen LogP contribution in [0.5, 0.6) is 0 Å². The van der Waals surface area contributed by atoms with Crippen LogP contribution >= 0.6 is 0 Å². The average Bonchev–Trinajstić information content (AvgIpc) is 2.78. The molecule has 218 valence electrons. The molecule has 0 aliphatic rings. The normalized spacial score (nSPS) is 12.3. The minimum Gasteiger partial charge on any atom is -0.370 e. The summed E-state index contributed by atoms with van der Waals surface area (Å²) in [6, 6.07) is 0. The lowest BCUT2D eigenvalue weighted by molar-refractivity contribution is -0.125. The Kier molecular flexibility index (Phi) is 24.4. The summed E-state index contributed by atoms with van der Waals surface area (Å²) in [7, 11) is 0. The van der Waals surface area contributed by atoms with Crippen molar-refractivity contribution in [3.8, 4) is 0 Å². The highest BCUT2D eigenvalue weighted by Gasteiger charge is 2.16. The molecule has 1 unspecified atom stereocenters. The monoisotopic (exact) mass is 529 g/mol. The van der Waals surface area contributed by atoms with Gasteiger partial charge in [-0.1, -0.05) is 69.7 Å². The molecular weight excluding hydrogens is 474 g/mol. The van der Waals surface area contributed by atoms with Crippen molar-refractivity contribution in [1.82, 2.24) is 0 Å². The lowest BCUT2D eigenvalue weighted by Crippen LogP contribution is -2.26. The zero-order chi connectivity index (χ0) is 29.2. The Hall–Kier alpha value is -3.18. The molecule has 0 amide bonds. The highest BCUT2D eigenvalue weighted by Crippen LogP contribution is 2.07. The molecule has 0 saturated carbocycles. The predicted octanol–water partition coefficient (Wildman–Crippen LogP) is 0.999. The summed E-state index contributed by atoms with van der Waals surface area (Å²) in [6.07, 6.45) is 0. The molecule has 0 spiro atoms. The lowest BCUT2D eigenvalue weighted by atomic mass is 9.97. The second-order valence-corrected chi connectivity index (χ2v) is 9.67. The van der Waals surface area contributed by atoms with E-state index in [9.17, 15) is 14.4 Å². The molecule has 0 aromatic carbocycles. The van der Waals surface area contributed by atoms with Gasteiger partial charge in [-0.15, -0.1) is 0 Å². The first-order valence-corrected chi connectivity index (χ1v) is 12.1. The molecule has 0 bridgehead atoms. The fraction of sp³-hybridized carbons (Fsp3) is 0.760. The molecule has 0 rings (SSSR count). The van der Waals surface area contributed by atoms with Gasteiger partial charge in [0.15, 0.2) is 17.9 Å². The van der Waals surface area contributed by atoms with Gasteiger partial charge in [-0.25, -0.2) is 0 Å². The number of rotatable bonds is 12. The first-order chi connectivity index (χ1) is 16.3. The van der Waals surface area contributed by atoms with Gasteiger partial charge in [0.05, 0.1) is 19.6 Å². The summed E-state index contributed by atoms with van der Waals surface area (Å²) in [4.78, 5) is 45.3. The van der Waals surface area contributed by atoms with E-state index in [2.05, 4.69) is 15.0 Å². The Morgan fingerprint density at radius 2 is 0.622 bits per heavy atom. The lowest BCUT2D eigenvalue weighted by Gasteiger charge is -2.09. The highest BCUT2D eigenvalue weighted by molar-refractivity contribution is 5.84. The number of nitrogens with two attached hydrogens (primary N) is 6. The number of Topliss-reactive ketones (excluding diaryl/α,β-unsaturated/α-hetero) is 3. The Balaban J connectivity index is -0.000000218. The van der Waals surface area contributed by atoms with E-state index in [0.29, 0.717) is 19.6 Å². The van der Waals surface area contributed by atoms with Crippen molar-refractivity contribution in [2.24, 2.45) is 84.9 Å². The number of guanidine groups is 3. The predicted molar refractivity (Wildman–Crippen MR) is 156 cm³/mol. The van der Waals surface area contributed by atoms with Crippen molar-refractivity contribution in [3.63, 3.8) is 0 Å². The molecule has 37 heavy (non-hydrogen) atoms. The quantitative estimate of drug-likeness (QED) is 0.156. The molecule has 0 fully saturated rings. The van der Waals surface area contributed by atoms with Crippen molar-refractivity contribution in [2.75, 3.05) is 19.6 Å². The van der Waals surface area contributed by atoms with E-state index in [1.165, 1.54) is 0 Å². The molecule has 12 heteroatoms. The van der Waals surface area contributed by atoms with E-state index >= 15 is 0 Å². The summed E-state index contributed by atoms with van der Waals surface area (Å²) < 4.78 is 0. The van der Waals surface area contributed by atoms with Gasteiger partial charge in [-0.3, -0.25) is 29.4 Å². The maximum Gasteiger partial charge on any atom is 0.185 e. The number of aliphatic imine (C=N–C) groups is 3. The number of carbonyl (C=O) groups is 3. The number of ketones is 3. The van der Waals surface area contributed by atoms with Crippen LogP contribution < -0.4 is 34.4 Å². The highest BCUT2D eigenvalue weighted by atomic mass is 16.1. The summed E-state index contributed by atoms with van der Waals surface area (Å²) in [5.41, 5.74) is 30.8. The van der Waals surface area contributed by atoms with Crippen LogP contribution in [0.3, 0.4) is 0 Å². The summed E-state index contributed by atoms with van der Waals surface area (Å²) >= 11 is 0. The molecular formula is C25H55N9O3. The van der Waals surface area contributed by atoms with E-state index in [4.69, 9.17) is 34.4 Å². The van der Waals surface area contributed by atoms with Gasteiger partial charge in [0.2, 0.25) is 0 Å². The van der Waals surface area contributed by atoms with Crippen LogP contribution in [0.4, 0.5) is 0 Å². The van der Waals surface area contributed by atoms with E-state index in [1.807, 2.05) is 62.3 Å². The van der Waals surface area contributed by atoms with Gasteiger partial charge in [0, 0.05) is 35.5 Å². The molecule has 0 aromatic heterocycles. The fourth-order valence-corrected chi connectivity index (χ4v) is 2.70. The smallest absolute Gasteiger partial charge is 0.185 e. The van der Waals surface area contributed by atoms with Crippen LogP contribution in [-0.2, 0) is 14.4 Å². The fourth-order valence-electron chi connectivity index (χ4n) is 2.70. The third kappa shape index (κ3) is 24.3. The number of hydrogen-bond acceptors (Lipinski definition) is 6. The van der Waals surface area contributed by atoms with Gasteiger partial charge in [-0.2, -0.15) is 0 Å². The first kappa shape index (κ1) is 41.0. The van der Waals surface area contributed by atoms with E-state index < -0.39 is 0 Å². The third-order valence-electron chi connectivity index (χ3n) is 4.81. The molecule has 0 aromatic rings. The minimum absolute atomic E-state index is 0. The Morgan fingerprint density at radius 3 is 0.730 bits per heavy atom. The third-order valence-corrected chi connectivity index (χ3v) is 4.81. The second kappa shape index (κ2) is 22.1. The zero-order valence-corrected chi connectivity index (χ0v) is 23.6. The second-order valence-electron chi connectivity index (χ2n) is 9.67. The van der Waals surface area contributed by atoms with Gasteiger partial charge in [0.25, 0.3) is 0 Å². The Labute approximate surface area is 224 Å². The first-order valence-electron chi connectivity index (χ1n) is 12.1. The van der Waals surface area contributed by atoms with Crippen molar-refractivity contribution < 1.29 is 14.4 Å². The van der Waals surface area contributed by atoms with E-state index in [0.717, 1.165) is 0 Å².